The van der Waals surface area contributed by atoms with Gasteiger partial charge in [0.05, 0.1) is 5.92 Å². The maximum Gasteiger partial charge on any atom is 0.306 e. The molecule has 0 aromatic heterocycles. The Hall–Kier alpha value is -0.940. The Labute approximate surface area is 103 Å². The molecule has 0 heterocycles. The van der Waals surface area contributed by atoms with Crippen molar-refractivity contribution in [2.45, 2.75) is 39.7 Å². The summed E-state index contributed by atoms with van der Waals surface area (Å²) in [5, 5.41) is 8.90. The third-order valence-electron chi connectivity index (χ3n) is 3.02. The van der Waals surface area contributed by atoms with Crippen molar-refractivity contribution in [2.75, 3.05) is 7.05 Å². The molecule has 0 aromatic carbocycles. The molecule has 0 spiro atoms. The maximum atomic E-state index is 10.8. The number of carboxylic acids is 1. The number of aldehydes is 1. The average Bonchev–Trinajstić information content (AvgIpc) is 2.27. The van der Waals surface area contributed by atoms with Crippen LogP contribution >= 0.6 is 0 Å². The Morgan fingerprint density at radius 1 is 1.29 bits per heavy atom. The molecule has 4 atom stereocenters. The molecular weight excluding hydrogens is 220 g/mol. The van der Waals surface area contributed by atoms with E-state index in [-0.39, 0.29) is 17.9 Å². The highest BCUT2D eigenvalue weighted by atomic mass is 16.4. The third kappa shape index (κ3) is 6.38. The standard InChI is InChI=1S/C12H24N2O3/c1-8(7-15)5-9(2)11(14-13-4)6-10(3)12(16)17/h7-11,13-14H,5-6H2,1-4H3,(H,16,17). The van der Waals surface area contributed by atoms with Gasteiger partial charge < -0.3 is 9.90 Å². The molecule has 0 amide bonds. The Balaban J connectivity index is 4.38. The van der Waals surface area contributed by atoms with Crippen LogP contribution in [0.4, 0.5) is 0 Å². The van der Waals surface area contributed by atoms with E-state index in [4.69, 9.17) is 5.11 Å². The molecule has 0 saturated carbocycles. The van der Waals surface area contributed by atoms with E-state index in [9.17, 15) is 9.59 Å². The van der Waals surface area contributed by atoms with Crippen LogP contribution in [-0.4, -0.2) is 30.5 Å². The Kier molecular flexibility index (Phi) is 7.74. The Morgan fingerprint density at radius 2 is 1.88 bits per heavy atom. The fraction of sp³-hybridized carbons (Fsp3) is 0.833. The fourth-order valence-electron chi connectivity index (χ4n) is 1.91. The normalized spacial score (nSPS) is 18.1. The van der Waals surface area contributed by atoms with Gasteiger partial charge in [0.1, 0.15) is 6.29 Å². The van der Waals surface area contributed by atoms with Crippen molar-refractivity contribution in [1.82, 2.24) is 10.9 Å². The highest BCUT2D eigenvalue weighted by Gasteiger charge is 2.23. The number of rotatable bonds is 9. The predicted octanol–water partition coefficient (Wildman–Crippen LogP) is 1.05. The molecule has 0 aliphatic carbocycles. The fourth-order valence-corrected chi connectivity index (χ4v) is 1.91. The van der Waals surface area contributed by atoms with Crippen molar-refractivity contribution in [1.29, 1.82) is 0 Å². The first-order valence-corrected chi connectivity index (χ1v) is 6.02. The zero-order chi connectivity index (χ0) is 13.4. The van der Waals surface area contributed by atoms with E-state index in [2.05, 4.69) is 10.9 Å². The molecule has 0 fully saturated rings. The first-order valence-electron chi connectivity index (χ1n) is 6.02. The van der Waals surface area contributed by atoms with Crippen molar-refractivity contribution in [3.8, 4) is 0 Å². The summed E-state index contributed by atoms with van der Waals surface area (Å²) in [6.45, 7) is 5.60. The highest BCUT2D eigenvalue weighted by molar-refractivity contribution is 5.69. The smallest absolute Gasteiger partial charge is 0.306 e. The summed E-state index contributed by atoms with van der Waals surface area (Å²) in [7, 11) is 1.76. The van der Waals surface area contributed by atoms with Gasteiger partial charge in [-0.1, -0.05) is 20.8 Å². The van der Waals surface area contributed by atoms with Crippen LogP contribution < -0.4 is 10.9 Å². The van der Waals surface area contributed by atoms with Crippen molar-refractivity contribution in [3.63, 3.8) is 0 Å². The van der Waals surface area contributed by atoms with Crippen molar-refractivity contribution in [3.05, 3.63) is 0 Å². The van der Waals surface area contributed by atoms with E-state index in [1.54, 1.807) is 14.0 Å². The van der Waals surface area contributed by atoms with Crippen LogP contribution in [0.1, 0.15) is 33.6 Å². The second kappa shape index (κ2) is 8.20. The second-order valence-corrected chi connectivity index (χ2v) is 4.80. The zero-order valence-electron chi connectivity index (χ0n) is 11.1. The molecular formula is C12H24N2O3. The number of carboxylic acid groups (broad SMARTS) is 1. The van der Waals surface area contributed by atoms with Gasteiger partial charge in [-0.15, -0.1) is 0 Å². The van der Waals surface area contributed by atoms with Gasteiger partial charge in [0.15, 0.2) is 0 Å². The summed E-state index contributed by atoms with van der Waals surface area (Å²) in [5.41, 5.74) is 5.92. The second-order valence-electron chi connectivity index (χ2n) is 4.80. The molecule has 0 aliphatic rings. The molecule has 100 valence electrons. The van der Waals surface area contributed by atoms with Gasteiger partial charge in [-0.2, -0.15) is 0 Å². The topological polar surface area (TPSA) is 78.4 Å². The number of aliphatic carboxylic acids is 1. The van der Waals surface area contributed by atoms with Crippen LogP contribution in [-0.2, 0) is 9.59 Å². The minimum Gasteiger partial charge on any atom is -0.481 e. The third-order valence-corrected chi connectivity index (χ3v) is 3.02. The first kappa shape index (κ1) is 16.1. The summed E-state index contributed by atoms with van der Waals surface area (Å²) in [6.07, 6.45) is 2.24. The molecule has 3 N–H and O–H groups in total. The van der Waals surface area contributed by atoms with Gasteiger partial charge in [-0.05, 0) is 25.8 Å². The number of hydrogen-bond donors (Lipinski definition) is 3. The average molecular weight is 244 g/mol. The molecule has 0 bridgehead atoms. The molecule has 4 unspecified atom stereocenters. The van der Waals surface area contributed by atoms with Gasteiger partial charge in [0.2, 0.25) is 0 Å². The van der Waals surface area contributed by atoms with Crippen LogP contribution in [0, 0.1) is 17.8 Å². The number of carbonyl (C=O) groups excluding carboxylic acids is 1. The summed E-state index contributed by atoms with van der Waals surface area (Å²) in [5.74, 6) is -0.936. The van der Waals surface area contributed by atoms with Gasteiger partial charge in [-0.25, -0.2) is 0 Å². The summed E-state index contributed by atoms with van der Waals surface area (Å²) in [4.78, 5) is 21.5. The SMILES string of the molecule is CNNC(CC(C)C(=O)O)C(C)CC(C)C=O. The minimum atomic E-state index is -0.788. The molecule has 5 nitrogen and oxygen atoms in total. The van der Waals surface area contributed by atoms with E-state index < -0.39 is 11.9 Å². The van der Waals surface area contributed by atoms with Crippen molar-refractivity contribution in [2.24, 2.45) is 17.8 Å². The largest absolute Gasteiger partial charge is 0.481 e. The predicted molar refractivity (Wildman–Crippen MR) is 66.4 cm³/mol. The van der Waals surface area contributed by atoms with Gasteiger partial charge in [0, 0.05) is 12.0 Å². The molecule has 0 rings (SSSR count). The quantitative estimate of drug-likeness (QED) is 0.417. The maximum absolute atomic E-state index is 10.8. The van der Waals surface area contributed by atoms with Gasteiger partial charge >= 0.3 is 5.97 Å². The van der Waals surface area contributed by atoms with E-state index >= 15 is 0 Å². The number of hydrazine groups is 1. The minimum absolute atomic E-state index is 0.00582. The lowest BCUT2D eigenvalue weighted by Crippen LogP contribution is -2.44. The number of hydrogen-bond acceptors (Lipinski definition) is 4. The van der Waals surface area contributed by atoms with Crippen LogP contribution in [0.5, 0.6) is 0 Å². The first-order chi connectivity index (χ1) is 7.92. The Bertz CT molecular complexity index is 246. The molecule has 5 heteroatoms. The van der Waals surface area contributed by atoms with E-state index in [0.29, 0.717) is 6.42 Å². The van der Waals surface area contributed by atoms with Crippen molar-refractivity contribution >= 4 is 12.3 Å². The van der Waals surface area contributed by atoms with Crippen LogP contribution in [0.3, 0.4) is 0 Å². The summed E-state index contributed by atoms with van der Waals surface area (Å²) < 4.78 is 0. The molecule has 0 aromatic rings. The lowest BCUT2D eigenvalue weighted by Gasteiger charge is -2.27. The number of carbonyl (C=O) groups is 2. The van der Waals surface area contributed by atoms with E-state index in [1.807, 2.05) is 13.8 Å². The molecule has 0 aliphatic heterocycles. The monoisotopic (exact) mass is 244 g/mol. The van der Waals surface area contributed by atoms with E-state index in [0.717, 1.165) is 12.7 Å². The van der Waals surface area contributed by atoms with Crippen molar-refractivity contribution < 1.29 is 14.7 Å². The highest BCUT2D eigenvalue weighted by Crippen LogP contribution is 2.19. The Morgan fingerprint density at radius 3 is 2.29 bits per heavy atom. The molecule has 0 saturated heterocycles. The van der Waals surface area contributed by atoms with Crippen LogP contribution in [0.15, 0.2) is 0 Å². The lowest BCUT2D eigenvalue weighted by molar-refractivity contribution is -0.141. The molecule has 0 radical (unpaired) electrons. The van der Waals surface area contributed by atoms with Gasteiger partial charge in [-0.3, -0.25) is 15.6 Å². The van der Waals surface area contributed by atoms with Gasteiger partial charge in [0.25, 0.3) is 0 Å². The number of nitrogens with one attached hydrogen (secondary N) is 2. The zero-order valence-corrected chi connectivity index (χ0v) is 11.1. The van der Waals surface area contributed by atoms with Crippen LogP contribution in [0.25, 0.3) is 0 Å². The summed E-state index contributed by atoms with van der Waals surface area (Å²) in [6, 6.07) is 0.0495. The summed E-state index contributed by atoms with van der Waals surface area (Å²) >= 11 is 0. The van der Waals surface area contributed by atoms with Crippen LogP contribution in [0.2, 0.25) is 0 Å². The van der Waals surface area contributed by atoms with E-state index in [1.165, 1.54) is 0 Å². The molecule has 17 heavy (non-hydrogen) atoms. The lowest BCUT2D eigenvalue weighted by atomic mass is 9.87.